The summed E-state index contributed by atoms with van der Waals surface area (Å²) in [6, 6.07) is 6.15. The third-order valence-corrected chi connectivity index (χ3v) is 2.44. The molecule has 0 amide bonds. The summed E-state index contributed by atoms with van der Waals surface area (Å²) < 4.78 is 1.78. The van der Waals surface area contributed by atoms with Crippen molar-refractivity contribution in [3.8, 4) is 5.82 Å². The quantitative estimate of drug-likeness (QED) is 0.821. The van der Waals surface area contributed by atoms with Crippen LogP contribution < -0.4 is 5.32 Å². The smallest absolute Gasteiger partial charge is 0.158 e. The number of hydrogen-bond donors (Lipinski definition) is 1. The van der Waals surface area contributed by atoms with Crippen LogP contribution in [0.1, 0.15) is 18.5 Å². The Kier molecular flexibility index (Phi) is 2.78. The third kappa shape index (κ3) is 1.89. The molecule has 0 aliphatic carbocycles. The van der Waals surface area contributed by atoms with E-state index in [9.17, 15) is 0 Å². The maximum Gasteiger partial charge on any atom is 0.158 e. The topological polar surface area (TPSA) is 42.7 Å². The molecular weight excluding hydrogens is 188 g/mol. The lowest BCUT2D eigenvalue weighted by atomic mass is 10.1. The molecule has 0 aliphatic heterocycles. The number of pyridine rings is 1. The molecule has 0 fully saturated rings. The first-order valence-electron chi connectivity index (χ1n) is 4.95. The van der Waals surface area contributed by atoms with Crippen molar-refractivity contribution in [2.24, 2.45) is 0 Å². The maximum absolute atomic E-state index is 4.35. The van der Waals surface area contributed by atoms with Crippen LogP contribution in [0.5, 0.6) is 0 Å². The number of nitrogens with one attached hydrogen (secondary N) is 1. The minimum atomic E-state index is 0.262. The lowest BCUT2D eigenvalue weighted by Crippen LogP contribution is -2.16. The van der Waals surface area contributed by atoms with Gasteiger partial charge in [0.2, 0.25) is 0 Å². The van der Waals surface area contributed by atoms with Gasteiger partial charge < -0.3 is 5.32 Å². The first kappa shape index (κ1) is 9.86. The molecule has 15 heavy (non-hydrogen) atoms. The van der Waals surface area contributed by atoms with E-state index in [-0.39, 0.29) is 6.04 Å². The average Bonchev–Trinajstić information content (AvgIpc) is 2.81. The molecule has 78 valence electrons. The van der Waals surface area contributed by atoms with Crippen LogP contribution in [-0.2, 0) is 0 Å². The van der Waals surface area contributed by atoms with Gasteiger partial charge in [-0.2, -0.15) is 5.10 Å². The molecule has 0 aromatic carbocycles. The van der Waals surface area contributed by atoms with Crippen LogP contribution in [0.4, 0.5) is 0 Å². The van der Waals surface area contributed by atoms with Gasteiger partial charge in [0, 0.05) is 30.2 Å². The Morgan fingerprint density at radius 3 is 2.87 bits per heavy atom. The molecule has 2 aromatic heterocycles. The molecule has 1 unspecified atom stereocenters. The Morgan fingerprint density at radius 2 is 2.20 bits per heavy atom. The summed E-state index contributed by atoms with van der Waals surface area (Å²) in [4.78, 5) is 4.35. The van der Waals surface area contributed by atoms with Gasteiger partial charge in [-0.3, -0.25) is 0 Å². The zero-order chi connectivity index (χ0) is 10.7. The van der Waals surface area contributed by atoms with E-state index in [2.05, 4.69) is 28.4 Å². The molecule has 4 heteroatoms. The Hall–Kier alpha value is -1.68. The van der Waals surface area contributed by atoms with E-state index in [4.69, 9.17) is 0 Å². The van der Waals surface area contributed by atoms with Gasteiger partial charge in [0.1, 0.15) is 0 Å². The monoisotopic (exact) mass is 202 g/mol. The van der Waals surface area contributed by atoms with Gasteiger partial charge in [0.15, 0.2) is 5.82 Å². The van der Waals surface area contributed by atoms with Crippen LogP contribution in [0.3, 0.4) is 0 Å². The highest BCUT2D eigenvalue weighted by Crippen LogP contribution is 2.17. The van der Waals surface area contributed by atoms with E-state index >= 15 is 0 Å². The molecule has 2 aromatic rings. The van der Waals surface area contributed by atoms with Gasteiger partial charge in [-0.25, -0.2) is 9.67 Å². The van der Waals surface area contributed by atoms with Crippen LogP contribution in [-0.4, -0.2) is 21.8 Å². The van der Waals surface area contributed by atoms with Gasteiger partial charge >= 0.3 is 0 Å². The molecule has 1 N–H and O–H groups in total. The molecule has 0 aliphatic rings. The second kappa shape index (κ2) is 4.23. The number of rotatable bonds is 3. The number of nitrogens with zero attached hydrogens (tertiary/aromatic N) is 3. The summed E-state index contributed by atoms with van der Waals surface area (Å²) in [7, 11) is 1.94. The normalized spacial score (nSPS) is 12.7. The average molecular weight is 202 g/mol. The first-order chi connectivity index (χ1) is 7.33. The molecule has 0 spiro atoms. The maximum atomic E-state index is 4.35. The van der Waals surface area contributed by atoms with Crippen LogP contribution in [0.15, 0.2) is 36.8 Å². The second-order valence-corrected chi connectivity index (χ2v) is 3.38. The molecule has 4 nitrogen and oxygen atoms in total. The summed E-state index contributed by atoms with van der Waals surface area (Å²) in [6.45, 7) is 2.10. The molecular formula is C11H14N4. The summed E-state index contributed by atoms with van der Waals surface area (Å²) >= 11 is 0. The van der Waals surface area contributed by atoms with Crippen LogP contribution in [0, 0.1) is 0 Å². The first-order valence-corrected chi connectivity index (χ1v) is 4.95. The minimum Gasteiger partial charge on any atom is -0.313 e. The van der Waals surface area contributed by atoms with Crippen LogP contribution in [0.25, 0.3) is 5.82 Å². The molecule has 0 saturated heterocycles. The van der Waals surface area contributed by atoms with Crippen LogP contribution in [0.2, 0.25) is 0 Å². The van der Waals surface area contributed by atoms with Crippen molar-refractivity contribution in [1.82, 2.24) is 20.1 Å². The summed E-state index contributed by atoms with van der Waals surface area (Å²) in [5, 5.41) is 7.39. The highest BCUT2D eigenvalue weighted by Gasteiger charge is 2.10. The Balaban J connectivity index is 2.47. The lowest BCUT2D eigenvalue weighted by Gasteiger charge is -2.14. The van der Waals surface area contributed by atoms with Crippen molar-refractivity contribution in [1.29, 1.82) is 0 Å². The zero-order valence-electron chi connectivity index (χ0n) is 8.88. The molecule has 0 bridgehead atoms. The number of aromatic nitrogens is 3. The summed E-state index contributed by atoms with van der Waals surface area (Å²) in [5.74, 6) is 0.879. The molecule has 0 saturated carbocycles. The largest absolute Gasteiger partial charge is 0.313 e. The van der Waals surface area contributed by atoms with E-state index in [1.807, 2.05) is 25.4 Å². The third-order valence-electron chi connectivity index (χ3n) is 2.44. The zero-order valence-corrected chi connectivity index (χ0v) is 8.88. The van der Waals surface area contributed by atoms with E-state index in [0.717, 1.165) is 11.4 Å². The van der Waals surface area contributed by atoms with Crippen molar-refractivity contribution in [2.75, 3.05) is 7.05 Å². The SMILES string of the molecule is CNC(C)c1cccnc1-n1cccn1. The fourth-order valence-corrected chi connectivity index (χ4v) is 1.49. The summed E-state index contributed by atoms with van der Waals surface area (Å²) in [6.07, 6.45) is 5.43. The predicted molar refractivity (Wildman–Crippen MR) is 58.8 cm³/mol. The van der Waals surface area contributed by atoms with E-state index in [1.165, 1.54) is 0 Å². The molecule has 1 atom stereocenters. The highest BCUT2D eigenvalue weighted by molar-refractivity contribution is 5.34. The highest BCUT2D eigenvalue weighted by atomic mass is 15.3. The van der Waals surface area contributed by atoms with Gasteiger partial charge in [-0.05, 0) is 26.1 Å². The van der Waals surface area contributed by atoms with Gasteiger partial charge in [0.25, 0.3) is 0 Å². The fourth-order valence-electron chi connectivity index (χ4n) is 1.49. The Morgan fingerprint density at radius 1 is 1.33 bits per heavy atom. The van der Waals surface area contributed by atoms with Gasteiger partial charge in [-0.15, -0.1) is 0 Å². The lowest BCUT2D eigenvalue weighted by molar-refractivity contribution is 0.639. The minimum absolute atomic E-state index is 0.262. The van der Waals surface area contributed by atoms with E-state index in [0.29, 0.717) is 0 Å². The van der Waals surface area contributed by atoms with Gasteiger partial charge in [0.05, 0.1) is 0 Å². The summed E-state index contributed by atoms with van der Waals surface area (Å²) in [5.41, 5.74) is 1.14. The van der Waals surface area contributed by atoms with Crippen molar-refractivity contribution in [3.63, 3.8) is 0 Å². The standard InChI is InChI=1S/C11H14N4/c1-9(12-2)10-5-3-6-13-11(10)15-8-4-7-14-15/h3-9,12H,1-2H3. The molecule has 2 heterocycles. The Labute approximate surface area is 89.0 Å². The van der Waals surface area contributed by atoms with E-state index < -0.39 is 0 Å². The van der Waals surface area contributed by atoms with Crippen molar-refractivity contribution in [3.05, 3.63) is 42.4 Å². The van der Waals surface area contributed by atoms with E-state index in [1.54, 1.807) is 17.1 Å². The molecule has 0 radical (unpaired) electrons. The number of hydrogen-bond acceptors (Lipinski definition) is 3. The predicted octanol–water partition coefficient (Wildman–Crippen LogP) is 1.55. The van der Waals surface area contributed by atoms with Crippen LogP contribution >= 0.6 is 0 Å². The van der Waals surface area contributed by atoms with Crippen molar-refractivity contribution >= 4 is 0 Å². The molecule has 2 rings (SSSR count). The fraction of sp³-hybridized carbons (Fsp3) is 0.273. The Bertz CT molecular complexity index is 422. The second-order valence-electron chi connectivity index (χ2n) is 3.38. The van der Waals surface area contributed by atoms with Crippen molar-refractivity contribution < 1.29 is 0 Å². The van der Waals surface area contributed by atoms with Crippen molar-refractivity contribution in [2.45, 2.75) is 13.0 Å². The van der Waals surface area contributed by atoms with Gasteiger partial charge in [-0.1, -0.05) is 6.07 Å².